The van der Waals surface area contributed by atoms with E-state index in [0.29, 0.717) is 17.6 Å². The maximum absolute atomic E-state index is 9.98. The van der Waals surface area contributed by atoms with Gasteiger partial charge in [-0.3, -0.25) is 4.79 Å². The van der Waals surface area contributed by atoms with Gasteiger partial charge in [0.05, 0.1) is 7.11 Å². The number of methoxy groups -OCH3 is 1. The molecule has 0 aromatic heterocycles. The van der Waals surface area contributed by atoms with Crippen molar-refractivity contribution in [3.63, 3.8) is 0 Å². The molecule has 0 saturated heterocycles. The minimum absolute atomic E-state index is 0.401. The number of ether oxygens (including phenoxy) is 1. The first-order chi connectivity index (χ1) is 4.70. The number of rotatable bonds is 4. The Morgan fingerprint density at radius 1 is 1.40 bits per heavy atom. The molecule has 0 aromatic rings. The molecular weight excluding hydrogens is 128 g/mol. The van der Waals surface area contributed by atoms with E-state index < -0.39 is 0 Å². The highest BCUT2D eigenvalue weighted by molar-refractivity contribution is 5.76. The van der Waals surface area contributed by atoms with Crippen molar-refractivity contribution < 1.29 is 9.53 Å². The van der Waals surface area contributed by atoms with E-state index in [1.165, 1.54) is 7.11 Å². The SMILES string of the molecule is C=C(C=O)/C=C\C(=C)OC. The lowest BCUT2D eigenvalue weighted by Gasteiger charge is -1.93. The molecule has 0 unspecified atom stereocenters. The highest BCUT2D eigenvalue weighted by Crippen LogP contribution is 1.95. The number of hydrogen-bond donors (Lipinski definition) is 0. The summed E-state index contributed by atoms with van der Waals surface area (Å²) in [5, 5.41) is 0. The zero-order valence-corrected chi connectivity index (χ0v) is 5.96. The second-order valence-corrected chi connectivity index (χ2v) is 1.70. The van der Waals surface area contributed by atoms with Crippen LogP contribution in [0.3, 0.4) is 0 Å². The van der Waals surface area contributed by atoms with Gasteiger partial charge in [0.25, 0.3) is 0 Å². The summed E-state index contributed by atoms with van der Waals surface area (Å²) in [6.45, 7) is 6.94. The lowest BCUT2D eigenvalue weighted by Crippen LogP contribution is -1.79. The molecule has 0 radical (unpaired) electrons. The Labute approximate surface area is 60.5 Å². The average Bonchev–Trinajstić information content (AvgIpc) is 1.99. The van der Waals surface area contributed by atoms with E-state index in [1.54, 1.807) is 12.2 Å². The first kappa shape index (κ1) is 8.69. The third kappa shape index (κ3) is 3.66. The second-order valence-electron chi connectivity index (χ2n) is 1.70. The van der Waals surface area contributed by atoms with Crippen LogP contribution < -0.4 is 0 Å². The average molecular weight is 138 g/mol. The van der Waals surface area contributed by atoms with Gasteiger partial charge in [0, 0.05) is 5.57 Å². The Balaban J connectivity index is 3.87. The minimum Gasteiger partial charge on any atom is -0.497 e. The van der Waals surface area contributed by atoms with E-state index in [4.69, 9.17) is 4.74 Å². The summed E-state index contributed by atoms with van der Waals surface area (Å²) < 4.78 is 4.71. The quantitative estimate of drug-likeness (QED) is 0.254. The van der Waals surface area contributed by atoms with Crippen molar-refractivity contribution >= 4 is 6.29 Å². The van der Waals surface area contributed by atoms with Gasteiger partial charge in [-0.25, -0.2) is 0 Å². The lowest BCUT2D eigenvalue weighted by molar-refractivity contribution is -0.104. The van der Waals surface area contributed by atoms with Gasteiger partial charge in [-0.2, -0.15) is 0 Å². The lowest BCUT2D eigenvalue weighted by atomic mass is 10.3. The van der Waals surface area contributed by atoms with Crippen LogP contribution in [0.5, 0.6) is 0 Å². The molecule has 0 aliphatic rings. The molecule has 10 heavy (non-hydrogen) atoms. The van der Waals surface area contributed by atoms with Crippen LogP contribution in [0.25, 0.3) is 0 Å². The Morgan fingerprint density at radius 2 is 2.00 bits per heavy atom. The summed E-state index contributed by atoms with van der Waals surface area (Å²) in [5.41, 5.74) is 0.401. The standard InChI is InChI=1S/C8H10O2/c1-7(6-9)4-5-8(2)10-3/h4-6H,1-2H2,3H3/b5-4-. The van der Waals surface area contributed by atoms with Crippen molar-refractivity contribution in [3.8, 4) is 0 Å². The number of allylic oxidation sites excluding steroid dienone is 3. The molecule has 0 fully saturated rings. The van der Waals surface area contributed by atoms with Crippen LogP contribution in [-0.2, 0) is 9.53 Å². The highest BCUT2D eigenvalue weighted by Gasteiger charge is 1.83. The fourth-order valence-corrected chi connectivity index (χ4v) is 0.307. The first-order valence-corrected chi connectivity index (χ1v) is 2.75. The molecule has 0 amide bonds. The normalized spacial score (nSPS) is 9.30. The van der Waals surface area contributed by atoms with Crippen molar-refractivity contribution in [2.24, 2.45) is 0 Å². The molecule has 0 aliphatic carbocycles. The molecule has 54 valence electrons. The minimum atomic E-state index is 0.401. The third-order valence-electron chi connectivity index (χ3n) is 0.897. The number of hydrogen-bond acceptors (Lipinski definition) is 2. The van der Waals surface area contributed by atoms with Crippen LogP contribution in [0.4, 0.5) is 0 Å². The van der Waals surface area contributed by atoms with Crippen molar-refractivity contribution in [1.82, 2.24) is 0 Å². The van der Waals surface area contributed by atoms with E-state index in [1.807, 2.05) is 0 Å². The summed E-state index contributed by atoms with van der Waals surface area (Å²) in [7, 11) is 1.51. The molecule has 0 spiro atoms. The Bertz CT molecular complexity index is 178. The Morgan fingerprint density at radius 3 is 2.40 bits per heavy atom. The molecule has 0 aromatic carbocycles. The zero-order chi connectivity index (χ0) is 7.98. The monoisotopic (exact) mass is 138 g/mol. The summed E-state index contributed by atoms with van der Waals surface area (Å²) in [5.74, 6) is 0.503. The van der Waals surface area contributed by atoms with Gasteiger partial charge in [0.1, 0.15) is 12.0 Å². The molecule has 2 heteroatoms. The number of carbonyl (C=O) groups excluding carboxylic acids is 1. The summed E-state index contributed by atoms with van der Waals surface area (Å²) in [6.07, 6.45) is 3.79. The second kappa shape index (κ2) is 4.56. The molecule has 0 bridgehead atoms. The smallest absolute Gasteiger partial charge is 0.149 e. The van der Waals surface area contributed by atoms with Crippen LogP contribution in [0.15, 0.2) is 36.6 Å². The van der Waals surface area contributed by atoms with Gasteiger partial charge in [-0.15, -0.1) is 0 Å². The first-order valence-electron chi connectivity index (χ1n) is 2.75. The number of carbonyl (C=O) groups is 1. The zero-order valence-electron chi connectivity index (χ0n) is 5.96. The maximum Gasteiger partial charge on any atom is 0.149 e. The fourth-order valence-electron chi connectivity index (χ4n) is 0.307. The van der Waals surface area contributed by atoms with E-state index >= 15 is 0 Å². The van der Waals surface area contributed by atoms with Gasteiger partial charge in [-0.05, 0) is 12.2 Å². The Kier molecular flexibility index (Phi) is 3.96. The summed E-state index contributed by atoms with van der Waals surface area (Å²) in [6, 6.07) is 0. The fraction of sp³-hybridized carbons (Fsp3) is 0.125. The number of aldehydes is 1. The van der Waals surface area contributed by atoms with Gasteiger partial charge in [0.2, 0.25) is 0 Å². The predicted octanol–water partition coefficient (Wildman–Crippen LogP) is 1.46. The summed E-state index contributed by atoms with van der Waals surface area (Å²) >= 11 is 0. The van der Waals surface area contributed by atoms with Crippen LogP contribution in [-0.4, -0.2) is 13.4 Å². The molecular formula is C8H10O2. The van der Waals surface area contributed by atoms with E-state index in [2.05, 4.69) is 13.2 Å². The van der Waals surface area contributed by atoms with Crippen LogP contribution in [0.2, 0.25) is 0 Å². The molecule has 0 saturated carbocycles. The molecule has 0 heterocycles. The van der Waals surface area contributed by atoms with Gasteiger partial charge < -0.3 is 4.74 Å². The van der Waals surface area contributed by atoms with Crippen LogP contribution in [0.1, 0.15) is 0 Å². The predicted molar refractivity (Wildman–Crippen MR) is 40.5 cm³/mol. The van der Waals surface area contributed by atoms with Crippen molar-refractivity contribution in [2.75, 3.05) is 7.11 Å². The van der Waals surface area contributed by atoms with Crippen LogP contribution in [0, 0.1) is 0 Å². The molecule has 0 rings (SSSR count). The van der Waals surface area contributed by atoms with E-state index in [0.717, 1.165) is 0 Å². The van der Waals surface area contributed by atoms with Gasteiger partial charge >= 0.3 is 0 Å². The van der Waals surface area contributed by atoms with E-state index in [9.17, 15) is 4.79 Å². The van der Waals surface area contributed by atoms with Gasteiger partial charge in [-0.1, -0.05) is 13.2 Å². The van der Waals surface area contributed by atoms with Crippen molar-refractivity contribution in [2.45, 2.75) is 0 Å². The van der Waals surface area contributed by atoms with Crippen molar-refractivity contribution in [1.29, 1.82) is 0 Å². The van der Waals surface area contributed by atoms with E-state index in [-0.39, 0.29) is 0 Å². The van der Waals surface area contributed by atoms with Crippen LogP contribution >= 0.6 is 0 Å². The highest BCUT2D eigenvalue weighted by atomic mass is 16.5. The Hall–Kier alpha value is -1.31. The molecule has 0 N–H and O–H groups in total. The maximum atomic E-state index is 9.98. The molecule has 2 nitrogen and oxygen atoms in total. The van der Waals surface area contributed by atoms with Crippen molar-refractivity contribution in [3.05, 3.63) is 36.6 Å². The summed E-state index contributed by atoms with van der Waals surface area (Å²) in [4.78, 5) is 9.98. The molecule has 0 atom stereocenters. The van der Waals surface area contributed by atoms with Gasteiger partial charge in [0.15, 0.2) is 0 Å². The third-order valence-corrected chi connectivity index (χ3v) is 0.897. The molecule has 0 aliphatic heterocycles. The largest absolute Gasteiger partial charge is 0.497 e. The topological polar surface area (TPSA) is 26.3 Å².